The fourth-order valence-electron chi connectivity index (χ4n) is 2.54. The number of hydrogen-bond donors (Lipinski definition) is 1. The van der Waals surface area contributed by atoms with Gasteiger partial charge in [0.2, 0.25) is 5.91 Å². The van der Waals surface area contributed by atoms with Gasteiger partial charge in [-0.1, -0.05) is 23.7 Å². The van der Waals surface area contributed by atoms with Crippen LogP contribution >= 0.6 is 22.9 Å². The summed E-state index contributed by atoms with van der Waals surface area (Å²) in [5, 5.41) is 2.92. The molecule has 0 fully saturated rings. The van der Waals surface area contributed by atoms with Gasteiger partial charge in [0, 0.05) is 19.4 Å². The number of hydrogen-bond acceptors (Lipinski definition) is 5. The average Bonchev–Trinajstić information content (AvgIpc) is 3.06. The van der Waals surface area contributed by atoms with Gasteiger partial charge in [-0.05, 0) is 43.9 Å². The van der Waals surface area contributed by atoms with Gasteiger partial charge < -0.3 is 15.0 Å². The van der Waals surface area contributed by atoms with Gasteiger partial charge in [-0.3, -0.25) is 9.59 Å². The number of nitrogens with zero attached hydrogens (tertiary/aromatic N) is 1. The smallest absolute Gasteiger partial charge is 0.220 e. The highest BCUT2D eigenvalue weighted by molar-refractivity contribution is 7.18. The largest absolute Gasteiger partial charge is 0.497 e. The van der Waals surface area contributed by atoms with E-state index in [0.717, 1.165) is 11.3 Å². The lowest BCUT2D eigenvalue weighted by Gasteiger charge is -2.25. The molecule has 2 aromatic rings. The summed E-state index contributed by atoms with van der Waals surface area (Å²) in [4.78, 5) is 26.8. The zero-order valence-electron chi connectivity index (χ0n) is 15.1. The number of carbonyl (C=O) groups is 2. The van der Waals surface area contributed by atoms with E-state index in [1.807, 2.05) is 43.3 Å². The summed E-state index contributed by atoms with van der Waals surface area (Å²) in [6.45, 7) is 0.469. The van der Waals surface area contributed by atoms with Gasteiger partial charge in [0.15, 0.2) is 5.78 Å². The van der Waals surface area contributed by atoms with Crippen molar-refractivity contribution in [2.24, 2.45) is 0 Å². The molecule has 0 spiro atoms. The third kappa shape index (κ3) is 5.83. The van der Waals surface area contributed by atoms with E-state index >= 15 is 0 Å². The molecule has 0 aliphatic carbocycles. The van der Waals surface area contributed by atoms with E-state index in [-0.39, 0.29) is 30.6 Å². The van der Waals surface area contributed by atoms with Gasteiger partial charge in [0.25, 0.3) is 0 Å². The van der Waals surface area contributed by atoms with Crippen LogP contribution in [0.15, 0.2) is 36.4 Å². The molecule has 0 aliphatic heterocycles. The summed E-state index contributed by atoms with van der Waals surface area (Å²) >= 11 is 7.07. The number of Topliss-reactive ketones (excluding diaryl/α,β-unsaturated/α-hetero) is 1. The molecule has 26 heavy (non-hydrogen) atoms. The number of ether oxygens (including phenoxy) is 1. The Labute approximate surface area is 162 Å². The molecule has 0 aliphatic rings. The molecule has 1 amide bonds. The number of thiophene rings is 1. The Hall–Kier alpha value is -1.89. The number of likely N-dealkylation sites (N-methyl/N-ethyl adjacent to an activating group) is 1. The Kier molecular flexibility index (Phi) is 7.63. The molecular formula is C19H23ClN2O3S. The Morgan fingerprint density at radius 2 is 1.85 bits per heavy atom. The van der Waals surface area contributed by atoms with Crippen molar-refractivity contribution in [1.29, 1.82) is 0 Å². The van der Waals surface area contributed by atoms with E-state index in [0.29, 0.717) is 15.8 Å². The molecule has 5 nitrogen and oxygen atoms in total. The predicted octanol–water partition coefficient (Wildman–Crippen LogP) is 3.79. The lowest BCUT2D eigenvalue weighted by molar-refractivity contribution is -0.121. The molecule has 1 aromatic carbocycles. The predicted molar refractivity (Wildman–Crippen MR) is 105 cm³/mol. The lowest BCUT2D eigenvalue weighted by atomic mass is 10.1. The Morgan fingerprint density at radius 1 is 1.15 bits per heavy atom. The van der Waals surface area contributed by atoms with Crippen LogP contribution in [0.2, 0.25) is 4.34 Å². The fraction of sp³-hybridized carbons (Fsp3) is 0.368. The second-order valence-electron chi connectivity index (χ2n) is 6.08. The van der Waals surface area contributed by atoms with E-state index < -0.39 is 0 Å². The molecule has 1 N–H and O–H groups in total. The molecule has 140 valence electrons. The standard InChI is InChI=1S/C19H23ClN2O3S/c1-22(2)15(13-4-6-14(25-3)7-5-13)12-21-19(24)11-8-16(23)17-9-10-18(20)26-17/h4-7,9-10,15H,8,11-12H2,1-3H3,(H,21,24). The molecule has 1 heterocycles. The first-order chi connectivity index (χ1) is 12.4. The summed E-state index contributed by atoms with van der Waals surface area (Å²) in [7, 11) is 5.56. The molecule has 1 aromatic heterocycles. The fourth-order valence-corrected chi connectivity index (χ4v) is 3.55. The molecule has 0 bridgehead atoms. The van der Waals surface area contributed by atoms with Gasteiger partial charge in [-0.25, -0.2) is 0 Å². The van der Waals surface area contributed by atoms with Crippen LogP contribution in [0.5, 0.6) is 5.75 Å². The highest BCUT2D eigenvalue weighted by Gasteiger charge is 2.16. The SMILES string of the molecule is COc1ccc(C(CNC(=O)CCC(=O)c2ccc(Cl)s2)N(C)C)cc1. The number of rotatable bonds is 9. The van der Waals surface area contributed by atoms with Crippen LogP contribution in [0.1, 0.15) is 34.1 Å². The van der Waals surface area contributed by atoms with Crippen LogP contribution in [0.4, 0.5) is 0 Å². The Balaban J connectivity index is 1.85. The third-order valence-electron chi connectivity index (χ3n) is 4.04. The summed E-state index contributed by atoms with van der Waals surface area (Å²) in [6, 6.07) is 11.2. The van der Waals surface area contributed by atoms with Gasteiger partial charge in [0.05, 0.1) is 22.4 Å². The highest BCUT2D eigenvalue weighted by Crippen LogP contribution is 2.23. The Bertz CT molecular complexity index is 743. The number of nitrogens with one attached hydrogen (secondary N) is 1. The van der Waals surface area contributed by atoms with Crippen molar-refractivity contribution in [2.45, 2.75) is 18.9 Å². The molecule has 0 saturated heterocycles. The maximum Gasteiger partial charge on any atom is 0.220 e. The van der Waals surface area contributed by atoms with Gasteiger partial charge in [-0.2, -0.15) is 0 Å². The molecular weight excluding hydrogens is 372 g/mol. The summed E-state index contributed by atoms with van der Waals surface area (Å²) < 4.78 is 5.75. The van der Waals surface area contributed by atoms with Gasteiger partial charge in [-0.15, -0.1) is 11.3 Å². The van der Waals surface area contributed by atoms with Crippen molar-refractivity contribution in [3.63, 3.8) is 0 Å². The van der Waals surface area contributed by atoms with Crippen molar-refractivity contribution >= 4 is 34.6 Å². The number of methoxy groups -OCH3 is 1. The zero-order chi connectivity index (χ0) is 19.1. The van der Waals surface area contributed by atoms with Crippen LogP contribution in [-0.4, -0.2) is 44.3 Å². The van der Waals surface area contributed by atoms with Gasteiger partial charge >= 0.3 is 0 Å². The minimum Gasteiger partial charge on any atom is -0.497 e. The second-order valence-corrected chi connectivity index (χ2v) is 7.80. The van der Waals surface area contributed by atoms with Gasteiger partial charge in [0.1, 0.15) is 5.75 Å². The lowest BCUT2D eigenvalue weighted by Crippen LogP contribution is -2.34. The molecule has 2 rings (SSSR count). The summed E-state index contributed by atoms with van der Waals surface area (Å²) in [5.41, 5.74) is 1.08. The first-order valence-electron chi connectivity index (χ1n) is 8.26. The van der Waals surface area contributed by atoms with Crippen LogP contribution in [0, 0.1) is 0 Å². The normalized spacial score (nSPS) is 12.0. The third-order valence-corrected chi connectivity index (χ3v) is 5.32. The molecule has 0 saturated carbocycles. The van der Waals surface area contributed by atoms with Crippen LogP contribution in [0.25, 0.3) is 0 Å². The first-order valence-corrected chi connectivity index (χ1v) is 9.45. The second kappa shape index (κ2) is 9.71. The highest BCUT2D eigenvalue weighted by atomic mass is 35.5. The van der Waals surface area contributed by atoms with E-state index in [2.05, 4.69) is 5.32 Å². The first kappa shape index (κ1) is 20.4. The maximum atomic E-state index is 12.1. The number of carbonyl (C=O) groups excluding carboxylic acids is 2. The maximum absolute atomic E-state index is 12.1. The number of benzene rings is 1. The minimum absolute atomic E-state index is 0.0386. The minimum atomic E-state index is -0.138. The molecule has 1 atom stereocenters. The monoisotopic (exact) mass is 394 g/mol. The van der Waals surface area contributed by atoms with Crippen molar-refractivity contribution in [1.82, 2.24) is 10.2 Å². The number of ketones is 1. The topological polar surface area (TPSA) is 58.6 Å². The van der Waals surface area contributed by atoms with E-state index in [1.54, 1.807) is 19.2 Å². The van der Waals surface area contributed by atoms with E-state index in [4.69, 9.17) is 16.3 Å². The van der Waals surface area contributed by atoms with Crippen molar-refractivity contribution in [3.8, 4) is 5.75 Å². The Morgan fingerprint density at radius 3 is 2.38 bits per heavy atom. The van der Waals surface area contributed by atoms with E-state index in [9.17, 15) is 9.59 Å². The van der Waals surface area contributed by atoms with Crippen LogP contribution in [0.3, 0.4) is 0 Å². The number of halogens is 1. The van der Waals surface area contributed by atoms with Crippen LogP contribution < -0.4 is 10.1 Å². The number of amides is 1. The van der Waals surface area contributed by atoms with Crippen molar-refractivity contribution in [2.75, 3.05) is 27.7 Å². The quantitative estimate of drug-likeness (QED) is 0.657. The molecule has 7 heteroatoms. The average molecular weight is 395 g/mol. The van der Waals surface area contributed by atoms with Crippen LogP contribution in [-0.2, 0) is 4.79 Å². The zero-order valence-corrected chi connectivity index (χ0v) is 16.7. The molecule has 0 radical (unpaired) electrons. The van der Waals surface area contributed by atoms with Crippen molar-refractivity contribution in [3.05, 3.63) is 51.2 Å². The van der Waals surface area contributed by atoms with E-state index in [1.165, 1.54) is 11.3 Å². The van der Waals surface area contributed by atoms with Crippen molar-refractivity contribution < 1.29 is 14.3 Å². The summed E-state index contributed by atoms with van der Waals surface area (Å²) in [6.07, 6.45) is 0.342. The molecule has 1 unspecified atom stereocenters. The summed E-state index contributed by atoms with van der Waals surface area (Å²) in [5.74, 6) is 0.597.